The fraction of sp³-hybridized carbons (Fsp3) is 0.905. The molecule has 0 bridgehead atoms. The standard InChI is InChI=1S/C42H67N3O7/c1-25-21-27(35(38(4,5)47)52-36-43-17-10-18-44-36)50-33-32(25)41(8)16-15-40(7)29(42(41,9)34(33)46)12-11-28-37(2,3)30(13-14-39(28,40)6)51-31-22-45(19-20-49-31)26-23-48-24-26/h10,17-18,25-35,46-47H,11-16,19-24H2,1-9H3/t25-,27-,28+,29-,30+,31+,32?,33+,34+,35+,39+,40-,41-,42-/m1/s1. The maximum Gasteiger partial charge on any atom is 0.316 e. The van der Waals surface area contributed by atoms with Crippen LogP contribution >= 0.6 is 0 Å². The van der Waals surface area contributed by atoms with Gasteiger partial charge in [0.1, 0.15) is 0 Å². The first-order valence-corrected chi connectivity index (χ1v) is 20.5. The number of ether oxygens (including phenoxy) is 5. The van der Waals surface area contributed by atoms with Gasteiger partial charge in [-0.05, 0) is 110 Å². The van der Waals surface area contributed by atoms with Gasteiger partial charge in [0, 0.05) is 24.4 Å². The van der Waals surface area contributed by atoms with Crippen LogP contribution in [0.4, 0.5) is 0 Å². The van der Waals surface area contributed by atoms with Gasteiger partial charge in [0.2, 0.25) is 0 Å². The lowest BCUT2D eigenvalue weighted by Crippen LogP contribution is -2.68. The van der Waals surface area contributed by atoms with Crippen LogP contribution in [0.3, 0.4) is 0 Å². The number of nitrogens with zero attached hydrogens (tertiary/aromatic N) is 3. The molecule has 0 radical (unpaired) electrons. The fourth-order valence-corrected chi connectivity index (χ4v) is 14.1. The molecule has 10 nitrogen and oxygen atoms in total. The third-order valence-corrected chi connectivity index (χ3v) is 17.3. The first kappa shape index (κ1) is 37.5. The Labute approximate surface area is 312 Å². The Kier molecular flexibility index (Phi) is 9.25. The molecule has 4 saturated carbocycles. The van der Waals surface area contributed by atoms with E-state index < -0.39 is 23.9 Å². The molecule has 4 heterocycles. The molecule has 10 heteroatoms. The minimum atomic E-state index is -1.20. The van der Waals surface area contributed by atoms with Crippen molar-refractivity contribution in [3.8, 4) is 6.01 Å². The maximum atomic E-state index is 12.8. The Balaban J connectivity index is 1.04. The molecule has 1 unspecified atom stereocenters. The van der Waals surface area contributed by atoms with Crippen molar-refractivity contribution in [2.24, 2.45) is 50.7 Å². The molecular formula is C42H67N3O7. The normalized spacial score (nSPS) is 48.4. The Morgan fingerprint density at radius 3 is 2.29 bits per heavy atom. The van der Waals surface area contributed by atoms with Crippen molar-refractivity contribution in [3.05, 3.63) is 18.5 Å². The van der Waals surface area contributed by atoms with Crippen LogP contribution in [0.2, 0.25) is 0 Å². The molecule has 3 aliphatic heterocycles. The van der Waals surface area contributed by atoms with E-state index in [0.717, 1.165) is 71.2 Å². The van der Waals surface area contributed by atoms with Crippen LogP contribution in [0.15, 0.2) is 18.5 Å². The molecule has 7 aliphatic rings. The molecule has 1 aromatic heterocycles. The molecule has 8 rings (SSSR count). The summed E-state index contributed by atoms with van der Waals surface area (Å²) >= 11 is 0. The van der Waals surface area contributed by atoms with Gasteiger partial charge < -0.3 is 33.9 Å². The van der Waals surface area contributed by atoms with Gasteiger partial charge in [-0.3, -0.25) is 4.90 Å². The molecule has 7 fully saturated rings. The SMILES string of the molecule is C[C@@H]1C[C@H]([C@H](Oc2ncccn2)C(C)(C)O)O[C@H]2C1[C@@]1(C)CC[C@]3(C)[C@@H](CC[C@H]4C(C)(C)[C@@H](O[C@H]5CN(C6COC6)CCO5)CC[C@@]43C)[C@]1(C)[C@H]2O. The number of rotatable bonds is 7. The minimum absolute atomic E-state index is 0.00441. The zero-order valence-corrected chi connectivity index (χ0v) is 33.3. The lowest BCUT2D eigenvalue weighted by Gasteiger charge is -2.72. The average Bonchev–Trinajstić information content (AvgIpc) is 3.24. The predicted octanol–water partition coefficient (Wildman–Crippen LogP) is 5.89. The number of aliphatic hydroxyl groups is 2. The quantitative estimate of drug-likeness (QED) is 0.353. The summed E-state index contributed by atoms with van der Waals surface area (Å²) < 4.78 is 32.0. The third kappa shape index (κ3) is 5.42. The molecule has 292 valence electrons. The third-order valence-electron chi connectivity index (χ3n) is 17.3. The molecule has 3 saturated heterocycles. The van der Waals surface area contributed by atoms with E-state index >= 15 is 0 Å². The van der Waals surface area contributed by atoms with E-state index in [1.54, 1.807) is 32.3 Å². The van der Waals surface area contributed by atoms with Crippen molar-refractivity contribution in [1.82, 2.24) is 14.9 Å². The van der Waals surface area contributed by atoms with Gasteiger partial charge in [-0.15, -0.1) is 0 Å². The van der Waals surface area contributed by atoms with E-state index in [1.165, 1.54) is 0 Å². The highest BCUT2D eigenvalue weighted by molar-refractivity contribution is 5.25. The van der Waals surface area contributed by atoms with Crippen molar-refractivity contribution in [3.63, 3.8) is 0 Å². The molecule has 0 aromatic carbocycles. The van der Waals surface area contributed by atoms with Crippen LogP contribution in [0.1, 0.15) is 107 Å². The Bertz CT molecular complexity index is 1450. The number of aromatic nitrogens is 2. The van der Waals surface area contributed by atoms with Gasteiger partial charge >= 0.3 is 6.01 Å². The number of aliphatic hydroxyl groups excluding tert-OH is 1. The van der Waals surface area contributed by atoms with Gasteiger partial charge in [0.05, 0.1) is 62.4 Å². The number of hydrogen-bond donors (Lipinski definition) is 2. The monoisotopic (exact) mass is 725 g/mol. The van der Waals surface area contributed by atoms with Gasteiger partial charge in [0.25, 0.3) is 0 Å². The topological polar surface area (TPSA) is 116 Å². The molecule has 0 amide bonds. The van der Waals surface area contributed by atoms with E-state index in [-0.39, 0.29) is 63.4 Å². The van der Waals surface area contributed by atoms with Crippen molar-refractivity contribution in [1.29, 1.82) is 0 Å². The smallest absolute Gasteiger partial charge is 0.316 e. The van der Waals surface area contributed by atoms with Crippen LogP contribution in [0.5, 0.6) is 6.01 Å². The summed E-state index contributed by atoms with van der Waals surface area (Å²) in [5.74, 6) is 1.38. The summed E-state index contributed by atoms with van der Waals surface area (Å²) in [5.41, 5.74) is -1.42. The van der Waals surface area contributed by atoms with Crippen LogP contribution < -0.4 is 4.74 Å². The Morgan fingerprint density at radius 2 is 1.62 bits per heavy atom. The van der Waals surface area contributed by atoms with Gasteiger partial charge in [-0.25, -0.2) is 9.97 Å². The van der Waals surface area contributed by atoms with E-state index in [9.17, 15) is 10.2 Å². The van der Waals surface area contributed by atoms with Gasteiger partial charge in [-0.1, -0.05) is 48.5 Å². The number of hydrogen-bond acceptors (Lipinski definition) is 10. The first-order valence-electron chi connectivity index (χ1n) is 20.5. The Morgan fingerprint density at radius 1 is 0.942 bits per heavy atom. The number of morpholine rings is 1. The molecule has 14 atom stereocenters. The highest BCUT2D eigenvalue weighted by Gasteiger charge is 2.77. The van der Waals surface area contributed by atoms with Crippen molar-refractivity contribution < 1.29 is 33.9 Å². The number of fused-ring (bicyclic) bond motifs is 7. The summed E-state index contributed by atoms with van der Waals surface area (Å²) in [6.07, 6.45) is 8.61. The van der Waals surface area contributed by atoms with E-state index in [1.807, 2.05) is 0 Å². The minimum Gasteiger partial charge on any atom is -0.454 e. The van der Waals surface area contributed by atoms with Crippen molar-refractivity contribution in [2.45, 2.75) is 156 Å². The molecule has 1 aromatic rings. The molecule has 0 spiro atoms. The second-order valence-corrected chi connectivity index (χ2v) is 20.2. The molecular weight excluding hydrogens is 658 g/mol. The van der Waals surface area contributed by atoms with E-state index in [0.29, 0.717) is 24.5 Å². The van der Waals surface area contributed by atoms with Crippen molar-refractivity contribution >= 4 is 0 Å². The lowest BCUT2D eigenvalue weighted by atomic mass is 9.32. The summed E-state index contributed by atoms with van der Waals surface area (Å²) in [6.45, 7) is 25.0. The largest absolute Gasteiger partial charge is 0.454 e. The van der Waals surface area contributed by atoms with E-state index in [4.69, 9.17) is 23.7 Å². The van der Waals surface area contributed by atoms with Crippen LogP contribution in [0, 0.1) is 50.7 Å². The predicted molar refractivity (Wildman–Crippen MR) is 196 cm³/mol. The summed E-state index contributed by atoms with van der Waals surface area (Å²) in [5, 5.41) is 24.2. The maximum absolute atomic E-state index is 12.8. The molecule has 52 heavy (non-hydrogen) atoms. The van der Waals surface area contributed by atoms with Crippen molar-refractivity contribution in [2.75, 3.05) is 32.9 Å². The molecule has 4 aliphatic carbocycles. The zero-order valence-electron chi connectivity index (χ0n) is 33.3. The summed E-state index contributed by atoms with van der Waals surface area (Å²) in [6, 6.07) is 2.48. The van der Waals surface area contributed by atoms with E-state index in [2.05, 4.69) is 63.3 Å². The average molecular weight is 726 g/mol. The second kappa shape index (κ2) is 12.8. The fourth-order valence-electron chi connectivity index (χ4n) is 14.1. The highest BCUT2D eigenvalue weighted by Crippen LogP contribution is 2.79. The highest BCUT2D eigenvalue weighted by atomic mass is 16.7. The zero-order chi connectivity index (χ0) is 37.1. The Hall–Kier alpha value is -1.40. The first-order chi connectivity index (χ1) is 24.4. The summed E-state index contributed by atoms with van der Waals surface area (Å²) in [4.78, 5) is 11.1. The van der Waals surface area contributed by atoms with Gasteiger partial charge in [0.15, 0.2) is 12.4 Å². The summed E-state index contributed by atoms with van der Waals surface area (Å²) in [7, 11) is 0. The second-order valence-electron chi connectivity index (χ2n) is 20.2. The van der Waals surface area contributed by atoms with Crippen LogP contribution in [-0.4, -0.2) is 106 Å². The van der Waals surface area contributed by atoms with Crippen LogP contribution in [0.25, 0.3) is 0 Å². The van der Waals surface area contributed by atoms with Gasteiger partial charge in [-0.2, -0.15) is 0 Å². The lowest BCUT2D eigenvalue weighted by molar-refractivity contribution is -0.286. The van der Waals surface area contributed by atoms with Crippen LogP contribution in [-0.2, 0) is 18.9 Å². The molecule has 2 N–H and O–H groups in total.